The van der Waals surface area contributed by atoms with Gasteiger partial charge in [-0.05, 0) is 205 Å². The number of carbonyl (C=O) groups is 11. The van der Waals surface area contributed by atoms with Crippen LogP contribution in [0.5, 0.6) is 0 Å². The number of aryl methyl sites for hydroxylation is 3. The normalized spacial score (nSPS) is 18.8. The van der Waals surface area contributed by atoms with Crippen molar-refractivity contribution in [3.8, 4) is 0 Å². The average molecular weight is 1970 g/mol. The quantitative estimate of drug-likeness (QED) is 0.00668. The molecule has 9 fully saturated rings. The number of benzene rings is 6. The summed E-state index contributed by atoms with van der Waals surface area (Å²) in [6.07, 6.45) is 20.7. The van der Waals surface area contributed by atoms with Crippen LogP contribution in [0.15, 0.2) is 188 Å². The summed E-state index contributed by atoms with van der Waals surface area (Å²) in [5, 5.41) is 43.7. The van der Waals surface area contributed by atoms with Gasteiger partial charge < -0.3 is 77.7 Å². The van der Waals surface area contributed by atoms with Crippen molar-refractivity contribution < 1.29 is 107 Å². The van der Waals surface area contributed by atoms with Gasteiger partial charge in [-0.25, -0.2) is 33.7 Å². The van der Waals surface area contributed by atoms with Crippen LogP contribution in [0.25, 0.3) is 0 Å². The van der Waals surface area contributed by atoms with Gasteiger partial charge in [-0.2, -0.15) is 4.99 Å². The number of piperidine rings is 6. The zero-order chi connectivity index (χ0) is 96.4. The second-order valence-electron chi connectivity index (χ2n) is 33.0. The number of aliphatic carboxylic acids is 1. The molecule has 6 saturated heterocycles. The van der Waals surface area contributed by atoms with Gasteiger partial charge in [0.2, 0.25) is 23.8 Å². The van der Waals surface area contributed by atoms with Gasteiger partial charge >= 0.3 is 48.8 Å². The van der Waals surface area contributed by atoms with Crippen molar-refractivity contribution >= 4 is 175 Å². The maximum atomic E-state index is 13.8. The molecule has 9 aromatic rings. The number of isocyanates is 1. The molecule has 33 nitrogen and oxygen atoms in total. The standard InChI is InChI=1S/C32H33Cl2N5O5.C31H31Cl2N5O5.C24H26Cl2N4O4.C8H7NO.CH4O2.Li.H2O/c1-18-3-9-22(10-4-18)37-32(43)39-23-13-7-20(8-14-23)28(39)30(41)38-26(31(42)44-2)15-19-5-11-21(12-6-19)36-29(40)27-24(33)16-35-17-25(27)34;1-17-2-8-21(9-3-17)36-31(43)38-22-12-6-19(7-13-22)27(38)29(40)37-25(30(41)42)14-18-4-10-20(11-5-18)35-28(39)26-23(32)15-34-16-24(26)33;1-34-24(33)19(30-23(32)21-14-4-8-15(28-21)9-5-14)10-13-2-6-16(7-3-13)29-22(31)20-17(25)11-27-12-18(20)26;1-7-2-4-8(5-3-7)9-6-10;1-3-2;;/h3-6,9-12,16-17,20,23,26,28H,7-8,13-15H2,1-2H3,(H,36,40)(H,37,43)(H,38,41);2-5,8-11,15-16,19,22,25,27H,6-7,12-14H2,1H3,(H,35,39)(H,36,43)(H,37,40)(H,41,42);2-3,6-7,11-12,14-15,19,21,28H,4-5,8-10H2,1H3,(H,29,31)(H,30,32);2-5H,1H3;2H,1H3;;1H2/q;;;;;+1;/p-1/t20?,23?,26-,28-;19?,22?,25-,27-;14?,15?,19-,21-;;;;/m000..../s1. The summed E-state index contributed by atoms with van der Waals surface area (Å²) in [7, 11) is 3.75. The van der Waals surface area contributed by atoms with Crippen molar-refractivity contribution in [2.45, 2.75) is 171 Å². The molecular formula is C96H102Cl6LiN15O18. The number of hydrogen-bond acceptors (Lipinski definition) is 22. The van der Waals surface area contributed by atoms with Crippen LogP contribution in [0, 0.1) is 38.5 Å². The van der Waals surface area contributed by atoms with E-state index in [1.165, 1.54) is 64.6 Å². The number of carboxylic acids is 1. The number of methoxy groups -OCH3 is 2. The monoisotopic (exact) mass is 1970 g/mol. The van der Waals surface area contributed by atoms with Gasteiger partial charge in [0, 0.05) is 103 Å². The molecule has 9 aliphatic rings. The zero-order valence-corrected chi connectivity index (χ0v) is 79.8. The van der Waals surface area contributed by atoms with Crippen molar-refractivity contribution in [3.05, 3.63) is 263 Å². The minimum absolute atomic E-state index is 0. The van der Waals surface area contributed by atoms with Crippen LogP contribution < -0.4 is 66.7 Å². The van der Waals surface area contributed by atoms with E-state index in [2.05, 4.69) is 72.7 Å². The number of nitrogens with zero attached hydrogens (tertiary/aromatic N) is 6. The molecule has 6 aromatic carbocycles. The van der Waals surface area contributed by atoms with Crippen LogP contribution in [0.4, 0.5) is 43.7 Å². The number of carbonyl (C=O) groups excluding carboxylic acids is 11. The third-order valence-electron chi connectivity index (χ3n) is 23.9. The van der Waals surface area contributed by atoms with Crippen molar-refractivity contribution in [1.82, 2.24) is 46.0 Å². The number of pyridine rings is 3. The van der Waals surface area contributed by atoms with E-state index in [4.69, 9.17) is 84.3 Å². The van der Waals surface area contributed by atoms with Gasteiger partial charge in [-0.3, -0.25) is 49.0 Å². The van der Waals surface area contributed by atoms with Crippen LogP contribution in [0.2, 0.25) is 30.1 Å². The van der Waals surface area contributed by atoms with Crippen LogP contribution in [-0.4, -0.2) is 188 Å². The smallest absolute Gasteiger partial charge is 0.870 e. The molecule has 12 N–H and O–H groups in total. The van der Waals surface area contributed by atoms with Gasteiger partial charge in [0.25, 0.3) is 17.7 Å². The fourth-order valence-corrected chi connectivity index (χ4v) is 18.8. The molecule has 6 atom stereocenters. The molecule has 712 valence electrons. The third-order valence-corrected chi connectivity index (χ3v) is 25.7. The number of hydrogen-bond donors (Lipinski definition) is 11. The van der Waals surface area contributed by atoms with E-state index in [0.717, 1.165) is 105 Å². The largest absolute Gasteiger partial charge is 1.00 e. The van der Waals surface area contributed by atoms with Crippen LogP contribution >= 0.6 is 69.6 Å². The van der Waals surface area contributed by atoms with Gasteiger partial charge in [-0.15, -0.1) is 0 Å². The van der Waals surface area contributed by atoms with Crippen molar-refractivity contribution in [1.29, 1.82) is 0 Å². The first-order valence-electron chi connectivity index (χ1n) is 43.1. The SMILES string of the molecule is COC(=O)[C@H](Cc1ccc(NC(=O)c2c(Cl)cncc2Cl)cc1)NC(=O)[C@@H]1C2CCC(CC2)N1C(=O)Nc1ccc(C)cc1.COC(=O)[C@H](Cc1ccc(NC(=O)c2c(Cl)cncc2Cl)cc1)NC(=O)[C@H]1NC2CCC1CC2.COO.Cc1ccc(N=C=O)cc1.Cc1ccc(NC(=O)N2C3CCC(CC3)[C@H]2C(=O)N[C@@H](Cc2ccc(NC(=O)c3c(Cl)cncc3Cl)cc2)C(=O)O)cc1.[Li+].[OH-]. The van der Waals surface area contributed by atoms with Crippen molar-refractivity contribution in [2.75, 3.05) is 47.9 Å². The summed E-state index contributed by atoms with van der Waals surface area (Å²) in [6, 6.07) is 37.4. The molecule has 0 spiro atoms. The predicted octanol–water partition coefficient (Wildman–Crippen LogP) is 13.4. The number of rotatable bonds is 24. The summed E-state index contributed by atoms with van der Waals surface area (Å²) in [5.74, 6) is -4.55. The molecule has 136 heavy (non-hydrogen) atoms. The minimum atomic E-state index is -1.22. The average Bonchev–Trinajstić information content (AvgIpc) is 0.765. The molecule has 6 bridgehead atoms. The van der Waals surface area contributed by atoms with Crippen LogP contribution in [0.3, 0.4) is 0 Å². The number of anilines is 5. The number of esters is 2. The number of nitrogens with one attached hydrogen (secondary N) is 9. The first kappa shape index (κ1) is 108. The fraction of sp³-hybridized carbons (Fsp3) is 0.344. The van der Waals surface area contributed by atoms with E-state index in [1.807, 2.05) is 81.4 Å². The Kier molecular flexibility index (Phi) is 41.1. The Morgan fingerprint density at radius 1 is 0.419 bits per heavy atom. The number of carboxylic acid groups (broad SMARTS) is 1. The van der Waals surface area contributed by atoms with Crippen molar-refractivity contribution in [3.63, 3.8) is 0 Å². The number of urea groups is 2. The molecular weight excluding hydrogens is 1870 g/mol. The Bertz CT molecular complexity index is 5660. The molecule has 3 aromatic heterocycles. The summed E-state index contributed by atoms with van der Waals surface area (Å²) >= 11 is 36.4. The van der Waals surface area contributed by atoms with Gasteiger partial charge in [0.1, 0.15) is 30.2 Å². The van der Waals surface area contributed by atoms with Crippen LogP contribution in [0.1, 0.15) is 142 Å². The molecule has 9 heterocycles. The molecule has 0 radical (unpaired) electrons. The first-order chi connectivity index (χ1) is 64.3. The Morgan fingerprint density at radius 3 is 0.993 bits per heavy atom. The Labute approximate surface area is 827 Å². The molecule has 3 saturated carbocycles. The van der Waals surface area contributed by atoms with Crippen LogP contribution in [-0.2, 0) is 67.2 Å². The topological polar surface area (TPSA) is 469 Å². The predicted molar refractivity (Wildman–Crippen MR) is 511 cm³/mol. The van der Waals surface area contributed by atoms with E-state index in [9.17, 15) is 62.6 Å². The molecule has 40 heteroatoms. The Balaban J connectivity index is 0.000000214. The second kappa shape index (κ2) is 51.9. The number of amides is 10. The summed E-state index contributed by atoms with van der Waals surface area (Å²) in [5.41, 5.74) is 9.17. The molecule has 3 aliphatic carbocycles. The number of halogens is 6. The maximum Gasteiger partial charge on any atom is 1.00 e. The van der Waals surface area contributed by atoms with E-state index in [-0.39, 0.29) is 144 Å². The fourth-order valence-electron chi connectivity index (χ4n) is 17.2. The number of aromatic nitrogens is 3. The van der Waals surface area contributed by atoms with Gasteiger partial charge in [0.05, 0.1) is 79.9 Å². The van der Waals surface area contributed by atoms with Gasteiger partial charge in [-0.1, -0.05) is 159 Å². The summed E-state index contributed by atoms with van der Waals surface area (Å²) in [4.78, 5) is 174. The first-order valence-corrected chi connectivity index (χ1v) is 45.4. The van der Waals surface area contributed by atoms with E-state index < -0.39 is 71.7 Å². The molecule has 10 amide bonds. The summed E-state index contributed by atoms with van der Waals surface area (Å²) in [6.45, 7) is 5.90. The van der Waals surface area contributed by atoms with E-state index in [0.29, 0.717) is 51.6 Å². The molecule has 18 rings (SSSR count). The maximum absolute atomic E-state index is 13.8. The molecule has 0 unspecified atom stereocenters. The van der Waals surface area contributed by atoms with E-state index in [1.54, 1.807) is 94.7 Å². The number of aliphatic imine (C=N–C) groups is 1. The number of fused-ring (bicyclic) bond motifs is 9. The summed E-state index contributed by atoms with van der Waals surface area (Å²) < 4.78 is 9.93. The number of ether oxygens (including phenoxy) is 2. The van der Waals surface area contributed by atoms with Gasteiger partial charge in [0.15, 0.2) is 0 Å². The zero-order valence-electron chi connectivity index (χ0n) is 75.3. The van der Waals surface area contributed by atoms with E-state index >= 15 is 0 Å². The molecule has 6 aliphatic heterocycles. The Morgan fingerprint density at radius 2 is 0.699 bits per heavy atom. The second-order valence-corrected chi connectivity index (χ2v) is 35.4. The minimum Gasteiger partial charge on any atom is -0.870 e. The third kappa shape index (κ3) is 29.3. The Hall–Kier alpha value is -11.9. The van der Waals surface area contributed by atoms with Crippen molar-refractivity contribution in [2.24, 2.45) is 22.7 Å².